The molecule has 6 rings (SSSR count). The van der Waals surface area contributed by atoms with Gasteiger partial charge in [-0.2, -0.15) is 0 Å². The molecule has 38 heavy (non-hydrogen) atoms. The minimum Gasteiger partial charge on any atom is -0.497 e. The van der Waals surface area contributed by atoms with Gasteiger partial charge >= 0.3 is 5.97 Å². The molecule has 0 aliphatic heterocycles. The Kier molecular flexibility index (Phi) is 7.04. The smallest absolute Gasteiger partial charge is 0.341 e. The Morgan fingerprint density at radius 1 is 1.16 bits per heavy atom. The van der Waals surface area contributed by atoms with E-state index in [0.29, 0.717) is 47.3 Å². The van der Waals surface area contributed by atoms with E-state index in [-0.39, 0.29) is 17.3 Å². The molecule has 204 valence electrons. The Balaban J connectivity index is 1.27. The first-order valence-corrected chi connectivity index (χ1v) is 15.5. The first-order chi connectivity index (χ1) is 18.4. The number of carbonyl (C=O) groups excluding carboxylic acids is 2. The Bertz CT molecular complexity index is 1230. The van der Waals surface area contributed by atoms with E-state index in [1.165, 1.54) is 53.7 Å². The summed E-state index contributed by atoms with van der Waals surface area (Å²) in [6.07, 6.45) is 12.0. The number of rotatable bonds is 7. The number of anilines is 1. The second-order valence-corrected chi connectivity index (χ2v) is 13.3. The standard InChI is InChI=1S/C32H41NO4S/c1-4-37-31(35)28-29-26(38-30(28)33-27(34)14-9-19-7-5-6-8-19)18-25-24-12-10-20-17-21(36-3)11-13-22(20)23(24)15-16-32(25,29)2/h11,13,17,19,23-25H,4-10,12,14-16,18H2,1-3H3,(H,33,34)/t23-,24+,25+,32+/m1/s1. The third kappa shape index (κ3) is 4.37. The summed E-state index contributed by atoms with van der Waals surface area (Å²) in [5.41, 5.74) is 4.70. The van der Waals surface area contributed by atoms with Crippen LogP contribution in [0.4, 0.5) is 5.00 Å². The van der Waals surface area contributed by atoms with Crippen molar-refractivity contribution in [1.29, 1.82) is 0 Å². The maximum Gasteiger partial charge on any atom is 0.341 e. The molecule has 0 radical (unpaired) electrons. The molecule has 2 fully saturated rings. The maximum atomic E-state index is 13.4. The van der Waals surface area contributed by atoms with Crippen LogP contribution < -0.4 is 10.1 Å². The normalized spacial score (nSPS) is 27.7. The fourth-order valence-corrected chi connectivity index (χ4v) is 9.83. The highest BCUT2D eigenvalue weighted by atomic mass is 32.1. The molecule has 0 bridgehead atoms. The molecule has 1 N–H and O–H groups in total. The predicted molar refractivity (Wildman–Crippen MR) is 151 cm³/mol. The van der Waals surface area contributed by atoms with Crippen molar-refractivity contribution in [3.63, 3.8) is 0 Å². The average Bonchev–Trinajstić information content (AvgIpc) is 3.62. The van der Waals surface area contributed by atoms with Crippen molar-refractivity contribution in [1.82, 2.24) is 0 Å². The Labute approximate surface area is 230 Å². The number of methoxy groups -OCH3 is 1. The van der Waals surface area contributed by atoms with Crippen molar-refractivity contribution < 1.29 is 19.1 Å². The SMILES string of the molecule is CCOC(=O)c1c(NC(=O)CCC2CCCC2)sc2c1[C@@]1(C)CC[C@@H]3c4ccc(OC)cc4CC[C@@H]3[C@@H]1C2. The lowest BCUT2D eigenvalue weighted by atomic mass is 9.54. The summed E-state index contributed by atoms with van der Waals surface area (Å²) in [5, 5.41) is 3.88. The molecule has 2 saturated carbocycles. The van der Waals surface area contributed by atoms with Crippen LogP contribution in [0.2, 0.25) is 0 Å². The quantitative estimate of drug-likeness (QED) is 0.375. The molecule has 0 unspecified atom stereocenters. The van der Waals surface area contributed by atoms with Crippen LogP contribution in [0.5, 0.6) is 5.75 Å². The van der Waals surface area contributed by atoms with Crippen molar-refractivity contribution in [2.45, 2.75) is 95.8 Å². The van der Waals surface area contributed by atoms with E-state index in [4.69, 9.17) is 9.47 Å². The minimum absolute atomic E-state index is 0.0344. The van der Waals surface area contributed by atoms with Crippen molar-refractivity contribution in [3.8, 4) is 5.75 Å². The van der Waals surface area contributed by atoms with Gasteiger partial charge in [0.25, 0.3) is 0 Å². The van der Waals surface area contributed by atoms with Gasteiger partial charge in [-0.1, -0.05) is 38.7 Å². The molecule has 4 aliphatic rings. The summed E-state index contributed by atoms with van der Waals surface area (Å²) in [4.78, 5) is 27.6. The molecule has 5 nitrogen and oxygen atoms in total. The Hall–Kier alpha value is -2.34. The third-order valence-corrected chi connectivity index (χ3v) is 11.4. The summed E-state index contributed by atoms with van der Waals surface area (Å²) in [6, 6.07) is 6.63. The van der Waals surface area contributed by atoms with E-state index >= 15 is 0 Å². The lowest BCUT2D eigenvalue weighted by Gasteiger charge is -2.49. The molecule has 4 atom stereocenters. The van der Waals surface area contributed by atoms with Gasteiger partial charge in [0, 0.05) is 11.3 Å². The fraction of sp³-hybridized carbons (Fsp3) is 0.625. The predicted octanol–water partition coefficient (Wildman–Crippen LogP) is 7.41. The van der Waals surface area contributed by atoms with E-state index in [2.05, 4.69) is 30.4 Å². The Morgan fingerprint density at radius 2 is 1.97 bits per heavy atom. The van der Waals surface area contributed by atoms with E-state index < -0.39 is 0 Å². The maximum absolute atomic E-state index is 13.4. The van der Waals surface area contributed by atoms with Crippen molar-refractivity contribution in [2.24, 2.45) is 17.8 Å². The molecule has 1 amide bonds. The number of esters is 1. The molecular weight excluding hydrogens is 494 g/mol. The zero-order valence-electron chi connectivity index (χ0n) is 23.1. The number of ether oxygens (including phenoxy) is 2. The van der Waals surface area contributed by atoms with E-state index in [9.17, 15) is 9.59 Å². The number of thiophene rings is 1. The van der Waals surface area contributed by atoms with Gasteiger partial charge in [0.15, 0.2) is 0 Å². The summed E-state index contributed by atoms with van der Waals surface area (Å²) in [6.45, 7) is 4.57. The molecule has 1 heterocycles. The zero-order chi connectivity index (χ0) is 26.4. The van der Waals surface area contributed by atoms with Crippen LogP contribution in [0, 0.1) is 17.8 Å². The van der Waals surface area contributed by atoms with Gasteiger partial charge in [-0.15, -0.1) is 11.3 Å². The number of benzene rings is 1. The molecule has 4 aliphatic carbocycles. The number of nitrogens with one attached hydrogen (secondary N) is 1. The summed E-state index contributed by atoms with van der Waals surface area (Å²) in [5.74, 6) is 3.07. The van der Waals surface area contributed by atoms with Gasteiger partial charge in [0.1, 0.15) is 10.8 Å². The van der Waals surface area contributed by atoms with E-state index in [0.717, 1.165) is 37.9 Å². The molecular formula is C32H41NO4S. The molecule has 2 aromatic rings. The summed E-state index contributed by atoms with van der Waals surface area (Å²) < 4.78 is 11.1. The Morgan fingerprint density at radius 3 is 2.74 bits per heavy atom. The molecule has 6 heteroatoms. The first kappa shape index (κ1) is 25.9. The monoisotopic (exact) mass is 535 g/mol. The molecule has 1 aromatic heterocycles. The number of carbonyl (C=O) groups is 2. The van der Waals surface area contributed by atoms with Crippen LogP contribution in [0.3, 0.4) is 0 Å². The van der Waals surface area contributed by atoms with Crippen LogP contribution >= 0.6 is 11.3 Å². The van der Waals surface area contributed by atoms with Crippen LogP contribution in [-0.2, 0) is 27.8 Å². The second-order valence-electron chi connectivity index (χ2n) is 12.2. The second kappa shape index (κ2) is 10.3. The van der Waals surface area contributed by atoms with Gasteiger partial charge in [0.05, 0.1) is 19.3 Å². The van der Waals surface area contributed by atoms with E-state index in [1.54, 1.807) is 18.4 Å². The molecule has 0 saturated heterocycles. The number of aryl methyl sites for hydroxylation is 1. The number of hydrogen-bond donors (Lipinski definition) is 1. The van der Waals surface area contributed by atoms with Crippen LogP contribution in [-0.4, -0.2) is 25.6 Å². The fourth-order valence-electron chi connectivity index (χ4n) is 8.43. The highest BCUT2D eigenvalue weighted by molar-refractivity contribution is 7.17. The number of fused-ring (bicyclic) bond motifs is 7. The topological polar surface area (TPSA) is 64.6 Å². The van der Waals surface area contributed by atoms with Crippen molar-refractivity contribution >= 4 is 28.2 Å². The lowest BCUT2D eigenvalue weighted by Crippen LogP contribution is -2.43. The van der Waals surface area contributed by atoms with Gasteiger partial charge in [-0.3, -0.25) is 4.79 Å². The van der Waals surface area contributed by atoms with Gasteiger partial charge in [0.2, 0.25) is 5.91 Å². The largest absolute Gasteiger partial charge is 0.497 e. The highest BCUT2D eigenvalue weighted by Gasteiger charge is 2.55. The summed E-state index contributed by atoms with van der Waals surface area (Å²) in [7, 11) is 1.74. The van der Waals surface area contributed by atoms with Crippen LogP contribution in [0.25, 0.3) is 0 Å². The first-order valence-electron chi connectivity index (χ1n) is 14.7. The van der Waals surface area contributed by atoms with Crippen LogP contribution in [0.1, 0.15) is 109 Å². The average molecular weight is 536 g/mol. The van der Waals surface area contributed by atoms with Gasteiger partial charge in [-0.25, -0.2) is 4.79 Å². The van der Waals surface area contributed by atoms with Crippen molar-refractivity contribution in [2.75, 3.05) is 19.0 Å². The molecule has 0 spiro atoms. The van der Waals surface area contributed by atoms with Crippen LogP contribution in [0.15, 0.2) is 18.2 Å². The minimum atomic E-state index is -0.277. The zero-order valence-corrected chi connectivity index (χ0v) is 23.9. The lowest BCUT2D eigenvalue weighted by molar-refractivity contribution is -0.116. The molecule has 1 aromatic carbocycles. The summed E-state index contributed by atoms with van der Waals surface area (Å²) >= 11 is 1.63. The number of amides is 1. The highest BCUT2D eigenvalue weighted by Crippen LogP contribution is 2.63. The number of hydrogen-bond acceptors (Lipinski definition) is 5. The van der Waals surface area contributed by atoms with E-state index in [1.807, 2.05) is 6.92 Å². The van der Waals surface area contributed by atoms with Gasteiger partial charge in [-0.05, 0) is 103 Å². The van der Waals surface area contributed by atoms with Crippen molar-refractivity contribution in [3.05, 3.63) is 45.3 Å². The third-order valence-electron chi connectivity index (χ3n) is 10.3. The van der Waals surface area contributed by atoms with Gasteiger partial charge < -0.3 is 14.8 Å².